The fourth-order valence-electron chi connectivity index (χ4n) is 1.80. The van der Waals surface area contributed by atoms with Crippen LogP contribution in [0.15, 0.2) is 21.6 Å². The van der Waals surface area contributed by atoms with Gasteiger partial charge in [-0.15, -0.1) is 11.8 Å². The molecule has 1 fully saturated rings. The molecule has 0 spiro atoms. The van der Waals surface area contributed by atoms with Gasteiger partial charge in [0, 0.05) is 11.3 Å². The molecule has 8 heteroatoms. The average Bonchev–Trinajstić information content (AvgIpc) is 2.65. The Morgan fingerprint density at radius 1 is 1.47 bits per heavy atom. The van der Waals surface area contributed by atoms with E-state index >= 15 is 0 Å². The summed E-state index contributed by atoms with van der Waals surface area (Å²) in [4.78, 5) is 34.7. The third-order valence-electron chi connectivity index (χ3n) is 2.68. The van der Waals surface area contributed by atoms with Crippen LogP contribution in [0.25, 0.3) is 0 Å². The van der Waals surface area contributed by atoms with Crippen LogP contribution in [0.5, 0.6) is 0 Å². The van der Waals surface area contributed by atoms with Gasteiger partial charge in [0.2, 0.25) is 0 Å². The van der Waals surface area contributed by atoms with E-state index in [0.29, 0.717) is 9.81 Å². The predicted molar refractivity (Wildman–Crippen MR) is 71.4 cm³/mol. The fourth-order valence-corrected chi connectivity index (χ4v) is 4.56. The van der Waals surface area contributed by atoms with Gasteiger partial charge in [-0.1, -0.05) is 17.8 Å². The molecular formula is C11H11NO5S2. The van der Waals surface area contributed by atoms with Crippen molar-refractivity contribution < 1.29 is 24.6 Å². The zero-order chi connectivity index (χ0) is 14.2. The first kappa shape index (κ1) is 14.0. The van der Waals surface area contributed by atoms with Crippen LogP contribution in [0.2, 0.25) is 0 Å². The van der Waals surface area contributed by atoms with E-state index in [-0.39, 0.29) is 29.2 Å². The molecule has 0 saturated carbocycles. The number of thioether (sulfide) groups is 2. The van der Waals surface area contributed by atoms with Crippen LogP contribution in [0, 0.1) is 0 Å². The Balaban J connectivity index is 2.15. The molecule has 1 amide bonds. The lowest BCUT2D eigenvalue weighted by Crippen LogP contribution is -2.51. The lowest BCUT2D eigenvalue weighted by atomic mass is 10.1. The number of carboxylic acids is 2. The molecule has 19 heavy (non-hydrogen) atoms. The molecule has 6 nitrogen and oxygen atoms in total. The van der Waals surface area contributed by atoms with Gasteiger partial charge in [0.05, 0.1) is 10.7 Å². The van der Waals surface area contributed by atoms with Crippen molar-refractivity contribution in [2.75, 3.05) is 5.75 Å². The van der Waals surface area contributed by atoms with E-state index in [4.69, 9.17) is 5.11 Å². The molecule has 0 aromatic rings. The van der Waals surface area contributed by atoms with Crippen molar-refractivity contribution in [1.82, 2.24) is 4.90 Å². The summed E-state index contributed by atoms with van der Waals surface area (Å²) >= 11 is 2.46. The van der Waals surface area contributed by atoms with Crippen LogP contribution in [-0.4, -0.2) is 44.1 Å². The van der Waals surface area contributed by atoms with E-state index in [1.54, 1.807) is 13.0 Å². The first-order chi connectivity index (χ1) is 8.97. The standard InChI is InChI=1S/C11H11NO5S2/c1-2-5-8(15)12-7(10(16)17)11(19-9(5)12)18-4-3-6(13)14/h2,9H,3-4H2,1H3,(H,13,14)(H,16,17)/b5-2+/t9-/m1/s1. The van der Waals surface area contributed by atoms with Gasteiger partial charge in [0.25, 0.3) is 5.91 Å². The number of fused-ring (bicyclic) bond motifs is 1. The van der Waals surface area contributed by atoms with Crippen molar-refractivity contribution >= 4 is 41.4 Å². The predicted octanol–water partition coefficient (Wildman–Crippen LogP) is 1.31. The highest BCUT2D eigenvalue weighted by atomic mass is 32.2. The third-order valence-corrected chi connectivity index (χ3v) is 5.28. The Hall–Kier alpha value is -1.41. The second kappa shape index (κ2) is 5.30. The average molecular weight is 301 g/mol. The highest BCUT2D eigenvalue weighted by Gasteiger charge is 2.52. The smallest absolute Gasteiger partial charge is 0.354 e. The Morgan fingerprint density at radius 2 is 2.16 bits per heavy atom. The lowest BCUT2D eigenvalue weighted by molar-refractivity contribution is -0.141. The van der Waals surface area contributed by atoms with Gasteiger partial charge >= 0.3 is 11.9 Å². The fraction of sp³-hybridized carbons (Fsp3) is 0.364. The van der Waals surface area contributed by atoms with E-state index in [1.165, 1.54) is 28.4 Å². The van der Waals surface area contributed by atoms with Crippen LogP contribution >= 0.6 is 23.5 Å². The second-order valence-electron chi connectivity index (χ2n) is 3.82. The van der Waals surface area contributed by atoms with Gasteiger partial charge in [0.15, 0.2) is 5.70 Å². The van der Waals surface area contributed by atoms with E-state index < -0.39 is 11.9 Å². The zero-order valence-electron chi connectivity index (χ0n) is 9.95. The van der Waals surface area contributed by atoms with Crippen LogP contribution in [0.4, 0.5) is 0 Å². The summed E-state index contributed by atoms with van der Waals surface area (Å²) in [7, 11) is 0. The molecule has 0 aliphatic carbocycles. The number of nitrogens with zero attached hydrogens (tertiary/aromatic N) is 1. The minimum absolute atomic E-state index is 0.0269. The number of rotatable bonds is 5. The molecule has 102 valence electrons. The lowest BCUT2D eigenvalue weighted by Gasteiger charge is -2.36. The van der Waals surface area contributed by atoms with Crippen LogP contribution < -0.4 is 0 Å². The number of hydrogen-bond donors (Lipinski definition) is 2. The van der Waals surface area contributed by atoms with Gasteiger partial charge in [-0.2, -0.15) is 0 Å². The molecule has 0 aromatic heterocycles. The van der Waals surface area contributed by atoms with Gasteiger partial charge in [0.1, 0.15) is 5.37 Å². The second-order valence-corrected chi connectivity index (χ2v) is 6.28. The molecule has 2 aliphatic rings. The summed E-state index contributed by atoms with van der Waals surface area (Å²) in [5.41, 5.74) is 0.568. The number of amides is 1. The van der Waals surface area contributed by atoms with Crippen molar-refractivity contribution in [2.24, 2.45) is 0 Å². The largest absolute Gasteiger partial charge is 0.481 e. The number of β-lactam (4-membered cyclic amide) rings is 1. The van der Waals surface area contributed by atoms with Crippen molar-refractivity contribution in [1.29, 1.82) is 0 Å². The summed E-state index contributed by atoms with van der Waals surface area (Å²) in [5, 5.41) is 17.5. The van der Waals surface area contributed by atoms with Crippen LogP contribution in [0.3, 0.4) is 0 Å². The molecule has 0 bridgehead atoms. The number of aliphatic carboxylic acids is 2. The SMILES string of the molecule is C/C=C1\C(=O)N2C(C(=O)O)=C(SCCC(=O)O)S[C@H]12. The Bertz CT molecular complexity index is 525. The number of allylic oxidation sites excluding steroid dienone is 1. The highest BCUT2D eigenvalue weighted by Crippen LogP contribution is 2.52. The maximum absolute atomic E-state index is 11.8. The summed E-state index contributed by atoms with van der Waals surface area (Å²) in [5.74, 6) is -2.09. The van der Waals surface area contributed by atoms with E-state index in [1.807, 2.05) is 0 Å². The molecule has 1 saturated heterocycles. The highest BCUT2D eigenvalue weighted by molar-refractivity contribution is 8.22. The first-order valence-corrected chi connectivity index (χ1v) is 7.32. The summed E-state index contributed by atoms with van der Waals surface area (Å²) in [6.45, 7) is 1.74. The molecule has 0 radical (unpaired) electrons. The Labute approximate surface area is 117 Å². The number of carboxylic acid groups (broad SMARTS) is 2. The summed E-state index contributed by atoms with van der Waals surface area (Å²) in [6.07, 6.45) is 1.64. The minimum Gasteiger partial charge on any atom is -0.481 e. The molecule has 2 N–H and O–H groups in total. The molecule has 0 aromatic carbocycles. The zero-order valence-corrected chi connectivity index (χ0v) is 11.6. The first-order valence-electron chi connectivity index (χ1n) is 5.46. The molecular weight excluding hydrogens is 290 g/mol. The molecule has 2 rings (SSSR count). The maximum atomic E-state index is 11.8. The van der Waals surface area contributed by atoms with Gasteiger partial charge < -0.3 is 10.2 Å². The van der Waals surface area contributed by atoms with Crippen molar-refractivity contribution in [3.63, 3.8) is 0 Å². The maximum Gasteiger partial charge on any atom is 0.354 e. The van der Waals surface area contributed by atoms with Crippen LogP contribution in [-0.2, 0) is 14.4 Å². The Kier molecular flexibility index (Phi) is 3.91. The van der Waals surface area contributed by atoms with Gasteiger partial charge in [-0.05, 0) is 6.92 Å². The van der Waals surface area contributed by atoms with Gasteiger partial charge in [-0.3, -0.25) is 14.5 Å². The minimum atomic E-state index is -1.16. The van der Waals surface area contributed by atoms with Crippen molar-refractivity contribution in [2.45, 2.75) is 18.7 Å². The van der Waals surface area contributed by atoms with E-state index in [0.717, 1.165) is 0 Å². The Morgan fingerprint density at radius 3 is 2.68 bits per heavy atom. The molecule has 0 unspecified atom stereocenters. The number of carbonyl (C=O) groups excluding carboxylic acids is 1. The van der Waals surface area contributed by atoms with Gasteiger partial charge in [-0.25, -0.2) is 4.79 Å². The molecule has 2 heterocycles. The van der Waals surface area contributed by atoms with Crippen molar-refractivity contribution in [3.05, 3.63) is 21.6 Å². The van der Waals surface area contributed by atoms with E-state index in [9.17, 15) is 19.5 Å². The topological polar surface area (TPSA) is 94.9 Å². The monoisotopic (exact) mass is 301 g/mol. The number of hydrogen-bond acceptors (Lipinski definition) is 5. The quantitative estimate of drug-likeness (QED) is 0.584. The normalized spacial score (nSPS) is 23.6. The summed E-state index contributed by atoms with van der Waals surface area (Å²) < 4.78 is 0.504. The van der Waals surface area contributed by atoms with Crippen LogP contribution in [0.1, 0.15) is 13.3 Å². The summed E-state index contributed by atoms with van der Waals surface area (Å²) in [6, 6.07) is 0. The van der Waals surface area contributed by atoms with Crippen molar-refractivity contribution in [3.8, 4) is 0 Å². The molecule has 1 atom stereocenters. The molecule has 2 aliphatic heterocycles. The van der Waals surface area contributed by atoms with E-state index in [2.05, 4.69) is 0 Å². The third kappa shape index (κ3) is 2.37. The number of carbonyl (C=O) groups is 3.